The van der Waals surface area contributed by atoms with E-state index in [0.29, 0.717) is 5.56 Å². The standard InChI is InChI=1S/C14H21N3O3/c1-8(2)17-9(3)12(7-15-17)13(18)16(11-5-6-11)10(4)14(19)20/h7-8,10-11H,5-6H2,1-4H3,(H,19,20). The van der Waals surface area contributed by atoms with Crippen molar-refractivity contribution in [1.29, 1.82) is 0 Å². The van der Waals surface area contributed by atoms with Crippen molar-refractivity contribution in [2.45, 2.75) is 58.7 Å². The Bertz CT molecular complexity index is 532. The second-order valence-electron chi connectivity index (χ2n) is 5.64. The van der Waals surface area contributed by atoms with Crippen LogP contribution in [0.4, 0.5) is 0 Å². The zero-order chi connectivity index (χ0) is 15.0. The van der Waals surface area contributed by atoms with Crippen LogP contribution in [0.1, 0.15) is 55.7 Å². The third-order valence-electron chi connectivity index (χ3n) is 3.71. The second-order valence-corrected chi connectivity index (χ2v) is 5.64. The Kier molecular flexibility index (Phi) is 3.83. The summed E-state index contributed by atoms with van der Waals surface area (Å²) in [7, 11) is 0. The van der Waals surface area contributed by atoms with E-state index in [9.17, 15) is 14.7 Å². The van der Waals surface area contributed by atoms with Gasteiger partial charge in [-0.15, -0.1) is 0 Å². The van der Waals surface area contributed by atoms with Crippen LogP contribution >= 0.6 is 0 Å². The molecule has 1 N–H and O–H groups in total. The van der Waals surface area contributed by atoms with Gasteiger partial charge >= 0.3 is 5.97 Å². The molecule has 6 nitrogen and oxygen atoms in total. The number of aliphatic carboxylic acids is 1. The molecule has 1 aliphatic carbocycles. The van der Waals surface area contributed by atoms with E-state index in [-0.39, 0.29) is 18.0 Å². The minimum absolute atomic E-state index is 0.0513. The Balaban J connectivity index is 2.31. The first-order valence-electron chi connectivity index (χ1n) is 6.94. The topological polar surface area (TPSA) is 75.4 Å². The SMILES string of the molecule is Cc1c(C(=O)N(C2CC2)C(C)C(=O)O)cnn1C(C)C. The molecule has 0 spiro atoms. The molecule has 0 aliphatic heterocycles. The molecule has 0 radical (unpaired) electrons. The van der Waals surface area contributed by atoms with Crippen molar-refractivity contribution in [3.63, 3.8) is 0 Å². The number of nitrogens with zero attached hydrogens (tertiary/aromatic N) is 3. The Morgan fingerprint density at radius 3 is 2.40 bits per heavy atom. The van der Waals surface area contributed by atoms with Gasteiger partial charge in [-0.3, -0.25) is 9.48 Å². The first-order chi connectivity index (χ1) is 9.34. The van der Waals surface area contributed by atoms with Gasteiger partial charge in [-0.25, -0.2) is 4.79 Å². The lowest BCUT2D eigenvalue weighted by Crippen LogP contribution is -2.44. The Labute approximate surface area is 118 Å². The summed E-state index contributed by atoms with van der Waals surface area (Å²) >= 11 is 0. The molecule has 6 heteroatoms. The molecule has 1 unspecified atom stereocenters. The quantitative estimate of drug-likeness (QED) is 0.892. The van der Waals surface area contributed by atoms with Gasteiger partial charge < -0.3 is 10.0 Å². The van der Waals surface area contributed by atoms with Gasteiger partial charge in [0.2, 0.25) is 0 Å². The van der Waals surface area contributed by atoms with E-state index in [1.807, 2.05) is 20.8 Å². The van der Waals surface area contributed by atoms with Crippen molar-refractivity contribution >= 4 is 11.9 Å². The molecule has 0 bridgehead atoms. The Morgan fingerprint density at radius 2 is 2.00 bits per heavy atom. The molecule has 1 aliphatic rings. The average Bonchev–Trinajstić information content (AvgIpc) is 3.11. The highest BCUT2D eigenvalue weighted by molar-refractivity contribution is 5.97. The zero-order valence-corrected chi connectivity index (χ0v) is 12.3. The van der Waals surface area contributed by atoms with E-state index >= 15 is 0 Å². The third kappa shape index (κ3) is 2.55. The first-order valence-corrected chi connectivity index (χ1v) is 6.94. The summed E-state index contributed by atoms with van der Waals surface area (Å²) in [6.45, 7) is 7.39. The van der Waals surface area contributed by atoms with Gasteiger partial charge in [0.25, 0.3) is 5.91 Å². The molecule has 1 aromatic rings. The van der Waals surface area contributed by atoms with Gasteiger partial charge in [0.1, 0.15) is 6.04 Å². The van der Waals surface area contributed by atoms with Gasteiger partial charge in [-0.2, -0.15) is 5.10 Å². The highest BCUT2D eigenvalue weighted by Gasteiger charge is 2.39. The summed E-state index contributed by atoms with van der Waals surface area (Å²) < 4.78 is 1.78. The fourth-order valence-electron chi connectivity index (χ4n) is 2.42. The fourth-order valence-corrected chi connectivity index (χ4v) is 2.42. The molecule has 0 aromatic carbocycles. The normalized spacial score (nSPS) is 16.2. The van der Waals surface area contributed by atoms with Crippen molar-refractivity contribution in [2.75, 3.05) is 0 Å². The van der Waals surface area contributed by atoms with E-state index in [1.165, 1.54) is 4.90 Å². The largest absolute Gasteiger partial charge is 0.480 e. The molecular formula is C14H21N3O3. The monoisotopic (exact) mass is 279 g/mol. The average molecular weight is 279 g/mol. The van der Waals surface area contributed by atoms with Crippen LogP contribution in [-0.2, 0) is 4.79 Å². The van der Waals surface area contributed by atoms with Crippen molar-refractivity contribution in [2.24, 2.45) is 0 Å². The predicted molar refractivity (Wildman–Crippen MR) is 73.6 cm³/mol. The van der Waals surface area contributed by atoms with Crippen LogP contribution in [0.15, 0.2) is 6.20 Å². The summed E-state index contributed by atoms with van der Waals surface area (Å²) in [5, 5.41) is 13.4. The molecule has 2 rings (SSSR count). The zero-order valence-electron chi connectivity index (χ0n) is 12.3. The number of amides is 1. The summed E-state index contributed by atoms with van der Waals surface area (Å²) in [6, 6.07) is -0.588. The lowest BCUT2D eigenvalue weighted by atomic mass is 10.1. The Hall–Kier alpha value is -1.85. The van der Waals surface area contributed by atoms with Gasteiger partial charge in [0.15, 0.2) is 0 Å². The van der Waals surface area contributed by atoms with Crippen molar-refractivity contribution < 1.29 is 14.7 Å². The molecule has 1 saturated carbocycles. The smallest absolute Gasteiger partial charge is 0.326 e. The molecular weight excluding hydrogens is 258 g/mol. The maximum atomic E-state index is 12.6. The molecule has 0 saturated heterocycles. The van der Waals surface area contributed by atoms with Crippen LogP contribution in [0.3, 0.4) is 0 Å². The molecule has 110 valence electrons. The van der Waals surface area contributed by atoms with Gasteiger partial charge in [-0.05, 0) is 40.5 Å². The van der Waals surface area contributed by atoms with Crippen LogP contribution < -0.4 is 0 Å². The Morgan fingerprint density at radius 1 is 1.40 bits per heavy atom. The molecule has 1 atom stereocenters. The van der Waals surface area contributed by atoms with E-state index in [4.69, 9.17) is 0 Å². The number of aromatic nitrogens is 2. The molecule has 1 amide bonds. The summed E-state index contributed by atoms with van der Waals surface area (Å²) in [6.07, 6.45) is 3.29. The minimum Gasteiger partial charge on any atom is -0.480 e. The first kappa shape index (κ1) is 14.6. The molecule has 20 heavy (non-hydrogen) atoms. The van der Waals surface area contributed by atoms with Crippen molar-refractivity contribution in [3.05, 3.63) is 17.5 Å². The lowest BCUT2D eigenvalue weighted by molar-refractivity contribution is -0.141. The number of carbonyl (C=O) groups is 2. The van der Waals surface area contributed by atoms with Gasteiger partial charge in [0, 0.05) is 17.8 Å². The lowest BCUT2D eigenvalue weighted by Gasteiger charge is -2.26. The molecule has 1 fully saturated rings. The maximum absolute atomic E-state index is 12.6. The molecule has 1 heterocycles. The van der Waals surface area contributed by atoms with Gasteiger partial charge in [0.05, 0.1) is 11.8 Å². The molecule has 1 aromatic heterocycles. The summed E-state index contributed by atoms with van der Waals surface area (Å²) in [4.78, 5) is 25.3. The van der Waals surface area contributed by atoms with Crippen molar-refractivity contribution in [3.8, 4) is 0 Å². The summed E-state index contributed by atoms with van der Waals surface area (Å²) in [5.74, 6) is -1.20. The fraction of sp³-hybridized carbons (Fsp3) is 0.643. The van der Waals surface area contributed by atoms with Crippen LogP contribution in [0.2, 0.25) is 0 Å². The van der Waals surface area contributed by atoms with Crippen LogP contribution in [-0.4, -0.2) is 43.7 Å². The number of hydrogen-bond donors (Lipinski definition) is 1. The number of carbonyl (C=O) groups excluding carboxylic acids is 1. The van der Waals surface area contributed by atoms with E-state index < -0.39 is 12.0 Å². The van der Waals surface area contributed by atoms with Crippen LogP contribution in [0.5, 0.6) is 0 Å². The number of hydrogen-bond acceptors (Lipinski definition) is 3. The third-order valence-corrected chi connectivity index (χ3v) is 3.71. The van der Waals surface area contributed by atoms with E-state index in [2.05, 4.69) is 5.10 Å². The number of carboxylic acids is 1. The summed E-state index contributed by atoms with van der Waals surface area (Å²) in [5.41, 5.74) is 1.28. The van der Waals surface area contributed by atoms with Crippen LogP contribution in [0.25, 0.3) is 0 Å². The van der Waals surface area contributed by atoms with Gasteiger partial charge in [-0.1, -0.05) is 0 Å². The minimum atomic E-state index is -0.973. The van der Waals surface area contributed by atoms with Crippen LogP contribution in [0, 0.1) is 6.92 Å². The van der Waals surface area contributed by atoms with E-state index in [0.717, 1.165) is 18.5 Å². The second kappa shape index (κ2) is 5.26. The highest BCUT2D eigenvalue weighted by Crippen LogP contribution is 2.31. The number of rotatable bonds is 5. The maximum Gasteiger partial charge on any atom is 0.326 e. The van der Waals surface area contributed by atoms with Crippen molar-refractivity contribution in [1.82, 2.24) is 14.7 Å². The number of carboxylic acid groups (broad SMARTS) is 1. The van der Waals surface area contributed by atoms with E-state index in [1.54, 1.807) is 17.8 Å². The highest BCUT2D eigenvalue weighted by atomic mass is 16.4. The predicted octanol–water partition coefficient (Wildman–Crippen LogP) is 1.85.